The minimum absolute atomic E-state index is 0.0611. The number of carbonyl (C=O) groups is 2. The molecule has 0 unspecified atom stereocenters. The Bertz CT molecular complexity index is 881. The number of nitro groups is 1. The number of rotatable bonds is 4. The molecule has 0 aliphatic carbocycles. The van der Waals surface area contributed by atoms with Gasteiger partial charge >= 0.3 is 0 Å². The summed E-state index contributed by atoms with van der Waals surface area (Å²) in [5.41, 5.74) is 2.24. The number of thiocarbonyl (C=S) groups is 1. The molecule has 0 heterocycles. The number of nitro benzene ring substituents is 1. The molecule has 0 radical (unpaired) electrons. The van der Waals surface area contributed by atoms with Crippen molar-refractivity contribution in [3.05, 3.63) is 63.7 Å². The minimum atomic E-state index is -0.544. The first-order valence-electron chi connectivity index (χ1n) is 7.51. The minimum Gasteiger partial charge on any atom is -0.332 e. The summed E-state index contributed by atoms with van der Waals surface area (Å²) < 4.78 is 0. The summed E-state index contributed by atoms with van der Waals surface area (Å²) in [6, 6.07) is 10.4. The quantitative estimate of drug-likeness (QED) is 0.432. The molecule has 0 atom stereocenters. The van der Waals surface area contributed by atoms with Crippen molar-refractivity contribution >= 4 is 46.2 Å². The maximum atomic E-state index is 12.1. The molecule has 2 rings (SSSR count). The molecule has 0 aliphatic rings. The predicted molar refractivity (Wildman–Crippen MR) is 102 cm³/mol. The van der Waals surface area contributed by atoms with Crippen LogP contribution in [0.2, 0.25) is 0 Å². The van der Waals surface area contributed by atoms with Gasteiger partial charge in [0.05, 0.1) is 4.92 Å². The standard InChI is InChI=1S/C17H16N4O4S/c1-10-3-6-13(9-15(10)18-11(2)22)19-17(26)20-16(23)12-4-7-14(8-5-12)21(24)25/h3-9H,1-2H3,(H,18,22)(H2,19,20,23,26). The van der Waals surface area contributed by atoms with Crippen molar-refractivity contribution in [2.45, 2.75) is 13.8 Å². The molecule has 0 saturated carbocycles. The highest BCUT2D eigenvalue weighted by Crippen LogP contribution is 2.20. The zero-order valence-electron chi connectivity index (χ0n) is 14.0. The van der Waals surface area contributed by atoms with Crippen LogP contribution in [0.4, 0.5) is 17.1 Å². The summed E-state index contributed by atoms with van der Waals surface area (Å²) in [6.45, 7) is 3.26. The molecular formula is C17H16N4O4S. The second kappa shape index (κ2) is 8.17. The molecule has 2 aromatic carbocycles. The van der Waals surface area contributed by atoms with Crippen LogP contribution >= 0.6 is 12.2 Å². The molecule has 2 amide bonds. The number of aryl methyl sites for hydroxylation is 1. The molecule has 0 fully saturated rings. The number of nitrogens with zero attached hydrogens (tertiary/aromatic N) is 1. The van der Waals surface area contributed by atoms with Crippen molar-refractivity contribution in [2.24, 2.45) is 0 Å². The molecule has 9 heteroatoms. The zero-order valence-corrected chi connectivity index (χ0v) is 14.8. The first-order chi connectivity index (χ1) is 12.3. The van der Waals surface area contributed by atoms with Gasteiger partial charge in [-0.05, 0) is 49.0 Å². The van der Waals surface area contributed by atoms with Crippen LogP contribution in [0, 0.1) is 17.0 Å². The Hall–Kier alpha value is -3.33. The van der Waals surface area contributed by atoms with E-state index in [2.05, 4.69) is 16.0 Å². The highest BCUT2D eigenvalue weighted by atomic mass is 32.1. The molecule has 26 heavy (non-hydrogen) atoms. The average Bonchev–Trinajstić information content (AvgIpc) is 2.57. The SMILES string of the molecule is CC(=O)Nc1cc(NC(=S)NC(=O)c2ccc([N+](=O)[O-])cc2)ccc1C. The molecule has 0 bridgehead atoms. The molecule has 0 aromatic heterocycles. The van der Waals surface area contributed by atoms with E-state index < -0.39 is 10.8 Å². The number of benzene rings is 2. The third-order valence-electron chi connectivity index (χ3n) is 3.37. The molecule has 0 spiro atoms. The highest BCUT2D eigenvalue weighted by molar-refractivity contribution is 7.80. The normalized spacial score (nSPS) is 9.92. The topological polar surface area (TPSA) is 113 Å². The Balaban J connectivity index is 2.02. The second-order valence-electron chi connectivity index (χ2n) is 5.42. The molecular weight excluding hydrogens is 356 g/mol. The smallest absolute Gasteiger partial charge is 0.269 e. The molecule has 0 saturated heterocycles. The Kier molecular flexibility index (Phi) is 5.97. The summed E-state index contributed by atoms with van der Waals surface area (Å²) in [5.74, 6) is -0.689. The largest absolute Gasteiger partial charge is 0.332 e. The average molecular weight is 372 g/mol. The highest BCUT2D eigenvalue weighted by Gasteiger charge is 2.11. The van der Waals surface area contributed by atoms with Crippen molar-refractivity contribution < 1.29 is 14.5 Å². The van der Waals surface area contributed by atoms with Crippen LogP contribution in [0.25, 0.3) is 0 Å². The van der Waals surface area contributed by atoms with Gasteiger partial charge in [0.2, 0.25) is 5.91 Å². The number of amides is 2. The fourth-order valence-electron chi connectivity index (χ4n) is 2.10. The molecule has 0 aliphatic heterocycles. The van der Waals surface area contributed by atoms with Gasteiger partial charge in [-0.2, -0.15) is 0 Å². The maximum absolute atomic E-state index is 12.1. The van der Waals surface area contributed by atoms with Gasteiger partial charge in [-0.3, -0.25) is 25.0 Å². The summed E-state index contributed by atoms with van der Waals surface area (Å²) in [7, 11) is 0. The summed E-state index contributed by atoms with van der Waals surface area (Å²) in [6.07, 6.45) is 0. The van der Waals surface area contributed by atoms with E-state index in [-0.39, 0.29) is 22.3 Å². The monoisotopic (exact) mass is 372 g/mol. The fourth-order valence-corrected chi connectivity index (χ4v) is 2.31. The third-order valence-corrected chi connectivity index (χ3v) is 3.58. The van der Waals surface area contributed by atoms with Crippen LogP contribution in [-0.2, 0) is 4.79 Å². The summed E-state index contributed by atoms with van der Waals surface area (Å²) >= 11 is 5.10. The number of hydrogen-bond donors (Lipinski definition) is 3. The van der Waals surface area contributed by atoms with Gasteiger partial charge in [-0.25, -0.2) is 0 Å². The predicted octanol–water partition coefficient (Wildman–Crippen LogP) is 2.99. The fraction of sp³-hybridized carbons (Fsp3) is 0.118. The van der Waals surface area contributed by atoms with Gasteiger partial charge in [-0.1, -0.05) is 6.07 Å². The van der Waals surface area contributed by atoms with Gasteiger partial charge in [0.25, 0.3) is 11.6 Å². The molecule has 134 valence electrons. The Labute approximate surface area is 154 Å². The lowest BCUT2D eigenvalue weighted by Crippen LogP contribution is -2.34. The van der Waals surface area contributed by atoms with E-state index in [9.17, 15) is 19.7 Å². The molecule has 3 N–H and O–H groups in total. The number of non-ortho nitro benzene ring substituents is 1. The van der Waals surface area contributed by atoms with Crippen molar-refractivity contribution in [3.63, 3.8) is 0 Å². The second-order valence-corrected chi connectivity index (χ2v) is 5.83. The van der Waals surface area contributed by atoms with Gasteiger partial charge in [0.15, 0.2) is 5.11 Å². The lowest BCUT2D eigenvalue weighted by Gasteiger charge is -2.12. The van der Waals surface area contributed by atoms with E-state index in [1.807, 2.05) is 6.92 Å². The van der Waals surface area contributed by atoms with Gasteiger partial charge in [-0.15, -0.1) is 0 Å². The summed E-state index contributed by atoms with van der Waals surface area (Å²) in [4.78, 5) is 33.4. The van der Waals surface area contributed by atoms with Crippen LogP contribution in [0.1, 0.15) is 22.8 Å². The van der Waals surface area contributed by atoms with Crippen LogP contribution in [-0.4, -0.2) is 21.9 Å². The third kappa shape index (κ3) is 5.08. The van der Waals surface area contributed by atoms with E-state index >= 15 is 0 Å². The van der Waals surface area contributed by atoms with Gasteiger partial charge in [0.1, 0.15) is 0 Å². The first kappa shape index (κ1) is 19.0. The van der Waals surface area contributed by atoms with Gasteiger partial charge in [0, 0.05) is 36.0 Å². The van der Waals surface area contributed by atoms with E-state index in [0.29, 0.717) is 11.4 Å². The van der Waals surface area contributed by atoms with Crippen molar-refractivity contribution in [1.29, 1.82) is 0 Å². The maximum Gasteiger partial charge on any atom is 0.269 e. The lowest BCUT2D eigenvalue weighted by atomic mass is 10.2. The first-order valence-corrected chi connectivity index (χ1v) is 7.92. The van der Waals surface area contributed by atoms with E-state index in [0.717, 1.165) is 5.56 Å². The lowest BCUT2D eigenvalue weighted by molar-refractivity contribution is -0.384. The van der Waals surface area contributed by atoms with Crippen molar-refractivity contribution in [2.75, 3.05) is 10.6 Å². The van der Waals surface area contributed by atoms with E-state index in [4.69, 9.17) is 12.2 Å². The Morgan fingerprint density at radius 3 is 2.31 bits per heavy atom. The number of hydrogen-bond acceptors (Lipinski definition) is 5. The van der Waals surface area contributed by atoms with Crippen LogP contribution in [0.5, 0.6) is 0 Å². The number of carbonyl (C=O) groups excluding carboxylic acids is 2. The Morgan fingerprint density at radius 1 is 1.08 bits per heavy atom. The van der Waals surface area contributed by atoms with Crippen LogP contribution < -0.4 is 16.0 Å². The van der Waals surface area contributed by atoms with E-state index in [1.165, 1.54) is 31.2 Å². The van der Waals surface area contributed by atoms with E-state index in [1.54, 1.807) is 18.2 Å². The van der Waals surface area contributed by atoms with Crippen LogP contribution in [0.3, 0.4) is 0 Å². The summed E-state index contributed by atoms with van der Waals surface area (Å²) in [5, 5.41) is 18.7. The van der Waals surface area contributed by atoms with Gasteiger partial charge < -0.3 is 10.6 Å². The molecule has 8 nitrogen and oxygen atoms in total. The molecule has 2 aromatic rings. The zero-order chi connectivity index (χ0) is 19.3. The Morgan fingerprint density at radius 2 is 1.73 bits per heavy atom. The number of nitrogens with one attached hydrogen (secondary N) is 3. The van der Waals surface area contributed by atoms with Crippen molar-refractivity contribution in [3.8, 4) is 0 Å². The van der Waals surface area contributed by atoms with Crippen LogP contribution in [0.15, 0.2) is 42.5 Å². The van der Waals surface area contributed by atoms with Crippen molar-refractivity contribution in [1.82, 2.24) is 5.32 Å². The number of anilines is 2.